The summed E-state index contributed by atoms with van der Waals surface area (Å²) in [5.41, 5.74) is 8.05. The molecule has 1 aromatic carbocycles. The highest BCUT2D eigenvalue weighted by Crippen LogP contribution is 2.42. The van der Waals surface area contributed by atoms with Gasteiger partial charge in [0.15, 0.2) is 0 Å². The van der Waals surface area contributed by atoms with E-state index in [1.165, 1.54) is 0 Å². The predicted octanol–water partition coefficient (Wildman–Crippen LogP) is 5.45. The summed E-state index contributed by atoms with van der Waals surface area (Å²) < 4.78 is 12.1. The van der Waals surface area contributed by atoms with Gasteiger partial charge in [-0.1, -0.05) is 53.7 Å². The third kappa shape index (κ3) is 6.35. The summed E-state index contributed by atoms with van der Waals surface area (Å²) in [6, 6.07) is 7.32. The Hall–Kier alpha value is -1.33. The van der Waals surface area contributed by atoms with E-state index in [1.807, 2.05) is 45.0 Å². The molecule has 0 unspecified atom stereocenters. The van der Waals surface area contributed by atoms with Crippen molar-refractivity contribution in [1.29, 1.82) is 0 Å². The molecule has 4 nitrogen and oxygen atoms in total. The van der Waals surface area contributed by atoms with Gasteiger partial charge in [0.05, 0.1) is 0 Å². The lowest BCUT2D eigenvalue weighted by Gasteiger charge is -2.42. The largest absolute Gasteiger partial charge is 0.543 e. The molecule has 0 saturated heterocycles. The molecule has 0 radical (unpaired) electrons. The van der Waals surface area contributed by atoms with E-state index in [0.717, 1.165) is 11.3 Å². The van der Waals surface area contributed by atoms with Gasteiger partial charge in [0.25, 0.3) is 8.32 Å². The van der Waals surface area contributed by atoms with Gasteiger partial charge in [-0.25, -0.2) is 0 Å². The predicted molar refractivity (Wildman–Crippen MR) is 116 cm³/mol. The van der Waals surface area contributed by atoms with Gasteiger partial charge in [-0.3, -0.25) is 4.79 Å². The van der Waals surface area contributed by atoms with Crippen LogP contribution in [-0.4, -0.2) is 25.9 Å². The molecule has 0 aliphatic carbocycles. The molecule has 1 atom stereocenters. The highest BCUT2D eigenvalue weighted by atomic mass is 28.4. The maximum Gasteiger partial charge on any atom is 0.323 e. The van der Waals surface area contributed by atoms with Crippen molar-refractivity contribution in [3.63, 3.8) is 0 Å². The van der Waals surface area contributed by atoms with Crippen LogP contribution in [0.1, 0.15) is 67.9 Å². The Balaban J connectivity index is 3.00. The molecule has 2 N–H and O–H groups in total. The molecule has 0 fully saturated rings. The van der Waals surface area contributed by atoms with Crippen LogP contribution in [0, 0.1) is 0 Å². The van der Waals surface area contributed by atoms with Crippen LogP contribution < -0.4 is 10.2 Å². The molecule has 0 amide bonds. The molecule has 0 bridgehead atoms. The Morgan fingerprint density at radius 3 is 2.00 bits per heavy atom. The SMILES string of the molecule is CC(C)[Si](Oc1cccc(C[C@H](N)C(=O)OC(C)(C)C)c1)(C(C)C)C(C)C. The zero-order chi connectivity index (χ0) is 21.0. The molecule has 0 aromatic heterocycles. The first-order valence-electron chi connectivity index (χ1n) is 10.1. The number of carbonyl (C=O) groups excluding carboxylic acids is 1. The number of hydrogen-bond donors (Lipinski definition) is 1. The van der Waals surface area contributed by atoms with Crippen LogP contribution in [-0.2, 0) is 16.0 Å². The number of rotatable bonds is 8. The Morgan fingerprint density at radius 1 is 1.04 bits per heavy atom. The van der Waals surface area contributed by atoms with Gasteiger partial charge in [0.2, 0.25) is 0 Å². The first-order chi connectivity index (χ1) is 12.3. The number of hydrogen-bond acceptors (Lipinski definition) is 4. The van der Waals surface area contributed by atoms with Gasteiger partial charge in [-0.05, 0) is 61.5 Å². The van der Waals surface area contributed by atoms with E-state index in [2.05, 4.69) is 41.5 Å². The summed E-state index contributed by atoms with van der Waals surface area (Å²) in [6.45, 7) is 19.2. The fourth-order valence-electron chi connectivity index (χ4n) is 4.01. The van der Waals surface area contributed by atoms with Crippen LogP contribution in [0.25, 0.3) is 0 Å². The van der Waals surface area contributed by atoms with E-state index in [0.29, 0.717) is 23.0 Å². The minimum absolute atomic E-state index is 0.371. The van der Waals surface area contributed by atoms with Crippen LogP contribution >= 0.6 is 0 Å². The highest BCUT2D eigenvalue weighted by Gasteiger charge is 2.47. The van der Waals surface area contributed by atoms with Crippen LogP contribution in [0.4, 0.5) is 0 Å². The normalized spacial score (nSPS) is 14.0. The number of esters is 1. The van der Waals surface area contributed by atoms with Crippen molar-refractivity contribution in [2.45, 2.75) is 97.0 Å². The molecule has 0 aliphatic rings. The minimum Gasteiger partial charge on any atom is -0.543 e. The lowest BCUT2D eigenvalue weighted by Crippen LogP contribution is -2.50. The number of ether oxygens (including phenoxy) is 1. The van der Waals surface area contributed by atoms with Crippen molar-refractivity contribution in [1.82, 2.24) is 0 Å². The molecule has 0 heterocycles. The van der Waals surface area contributed by atoms with Gasteiger partial charge >= 0.3 is 5.97 Å². The van der Waals surface area contributed by atoms with Crippen molar-refractivity contribution >= 4 is 14.3 Å². The molecule has 5 heteroatoms. The van der Waals surface area contributed by atoms with Gasteiger partial charge in [-0.2, -0.15) is 0 Å². The fraction of sp³-hybridized carbons (Fsp3) is 0.682. The molecule has 0 saturated carbocycles. The maximum absolute atomic E-state index is 12.2. The lowest BCUT2D eigenvalue weighted by molar-refractivity contribution is -0.156. The average Bonchev–Trinajstić information content (AvgIpc) is 2.50. The zero-order valence-corrected chi connectivity index (χ0v) is 19.6. The molecule has 154 valence electrons. The molecule has 0 spiro atoms. The number of carbonyl (C=O) groups is 1. The van der Waals surface area contributed by atoms with Crippen LogP contribution in [0.3, 0.4) is 0 Å². The molecule has 1 rings (SSSR count). The van der Waals surface area contributed by atoms with E-state index in [1.54, 1.807) is 0 Å². The second-order valence-corrected chi connectivity index (χ2v) is 14.8. The van der Waals surface area contributed by atoms with E-state index < -0.39 is 20.0 Å². The third-order valence-electron chi connectivity index (χ3n) is 5.07. The summed E-state index contributed by atoms with van der Waals surface area (Å²) in [4.78, 5) is 12.2. The van der Waals surface area contributed by atoms with Gasteiger partial charge in [-0.15, -0.1) is 0 Å². The smallest absolute Gasteiger partial charge is 0.323 e. The fourth-order valence-corrected chi connectivity index (χ4v) is 9.25. The first-order valence-corrected chi connectivity index (χ1v) is 12.2. The van der Waals surface area contributed by atoms with Gasteiger partial charge in [0, 0.05) is 0 Å². The van der Waals surface area contributed by atoms with E-state index in [4.69, 9.17) is 14.9 Å². The van der Waals surface area contributed by atoms with Crippen LogP contribution in [0.2, 0.25) is 16.6 Å². The molecular weight excluding hydrogens is 354 g/mol. The molecule has 1 aromatic rings. The maximum atomic E-state index is 12.2. The topological polar surface area (TPSA) is 61.5 Å². The van der Waals surface area contributed by atoms with Crippen molar-refractivity contribution < 1.29 is 14.0 Å². The standard InChI is InChI=1S/C22H39NO3Si/c1-15(2)27(16(3)4,17(5)6)26-19-12-10-11-18(13-19)14-20(23)21(24)25-22(7,8)9/h10-13,15-17,20H,14,23H2,1-9H3/t20-/m0/s1. The van der Waals surface area contributed by atoms with Gasteiger partial charge in [0.1, 0.15) is 17.4 Å². The zero-order valence-electron chi connectivity index (χ0n) is 18.6. The number of nitrogens with two attached hydrogens (primary N) is 1. The average molecular weight is 394 g/mol. The molecule has 0 aliphatic heterocycles. The second-order valence-electron chi connectivity index (χ2n) is 9.41. The minimum atomic E-state index is -2.01. The quantitative estimate of drug-likeness (QED) is 0.471. The van der Waals surface area contributed by atoms with Crippen LogP contribution in [0.5, 0.6) is 5.75 Å². The van der Waals surface area contributed by atoms with E-state index in [-0.39, 0.29) is 5.97 Å². The van der Waals surface area contributed by atoms with Crippen molar-refractivity contribution in [3.8, 4) is 5.75 Å². The summed E-state index contributed by atoms with van der Waals surface area (Å²) >= 11 is 0. The van der Waals surface area contributed by atoms with Gasteiger partial charge < -0.3 is 14.9 Å². The third-order valence-corrected chi connectivity index (χ3v) is 11.1. The van der Waals surface area contributed by atoms with Crippen molar-refractivity contribution in [2.75, 3.05) is 0 Å². The van der Waals surface area contributed by atoms with E-state index >= 15 is 0 Å². The number of benzene rings is 1. The van der Waals surface area contributed by atoms with Crippen molar-refractivity contribution in [2.24, 2.45) is 5.73 Å². The lowest BCUT2D eigenvalue weighted by atomic mass is 10.1. The Bertz CT molecular complexity index is 598. The Labute approximate surface area is 167 Å². The van der Waals surface area contributed by atoms with E-state index in [9.17, 15) is 4.79 Å². The summed E-state index contributed by atoms with van der Waals surface area (Å²) in [7, 11) is -2.01. The molecule has 27 heavy (non-hydrogen) atoms. The highest BCUT2D eigenvalue weighted by molar-refractivity contribution is 6.78. The summed E-state index contributed by atoms with van der Waals surface area (Å²) in [5, 5.41) is 0. The molecular formula is C22H39NO3Si. The van der Waals surface area contributed by atoms with Crippen molar-refractivity contribution in [3.05, 3.63) is 29.8 Å². The first kappa shape index (κ1) is 23.7. The van der Waals surface area contributed by atoms with Crippen LogP contribution in [0.15, 0.2) is 24.3 Å². The second kappa shape index (κ2) is 9.24. The monoisotopic (exact) mass is 393 g/mol. The summed E-state index contributed by atoms with van der Waals surface area (Å²) in [5.74, 6) is 0.510. The Kier molecular flexibility index (Phi) is 8.11. The summed E-state index contributed by atoms with van der Waals surface area (Å²) in [6.07, 6.45) is 0.436. The Morgan fingerprint density at radius 2 is 1.56 bits per heavy atom.